The Hall–Kier alpha value is -2.13. The van der Waals surface area contributed by atoms with Crippen molar-refractivity contribution in [3.05, 3.63) is 35.1 Å². The highest BCUT2D eigenvalue weighted by atomic mass is 19.1. The molecule has 1 aliphatic carbocycles. The van der Waals surface area contributed by atoms with Crippen LogP contribution in [-0.4, -0.2) is 23.3 Å². The van der Waals surface area contributed by atoms with Crippen LogP contribution in [-0.2, 0) is 6.54 Å². The summed E-state index contributed by atoms with van der Waals surface area (Å²) in [6, 6.07) is 5.43. The van der Waals surface area contributed by atoms with Gasteiger partial charge in [0.25, 0.3) is 0 Å². The highest BCUT2D eigenvalue weighted by molar-refractivity contribution is 5.73. The van der Waals surface area contributed by atoms with Crippen LogP contribution >= 0.6 is 0 Å². The summed E-state index contributed by atoms with van der Waals surface area (Å²) < 4.78 is 13.5. The predicted octanol–water partition coefficient (Wildman–Crippen LogP) is 1.41. The highest BCUT2D eigenvalue weighted by Crippen LogP contribution is 2.30. The molecule has 1 saturated carbocycles. The zero-order valence-electron chi connectivity index (χ0n) is 10.9. The van der Waals surface area contributed by atoms with E-state index in [1.807, 2.05) is 6.07 Å². The van der Waals surface area contributed by atoms with Crippen molar-refractivity contribution in [2.45, 2.75) is 31.4 Å². The van der Waals surface area contributed by atoms with E-state index in [1.54, 1.807) is 0 Å². The molecule has 0 unspecified atom stereocenters. The Balaban J connectivity index is 1.82. The van der Waals surface area contributed by atoms with Crippen molar-refractivity contribution in [3.63, 3.8) is 0 Å². The van der Waals surface area contributed by atoms with Gasteiger partial charge in [-0.1, -0.05) is 0 Å². The molecule has 0 aliphatic heterocycles. The summed E-state index contributed by atoms with van der Waals surface area (Å²) >= 11 is 0. The first-order valence-electron chi connectivity index (χ1n) is 6.45. The van der Waals surface area contributed by atoms with E-state index in [4.69, 9.17) is 5.26 Å². The number of benzene rings is 1. The second-order valence-corrected chi connectivity index (χ2v) is 5.03. The van der Waals surface area contributed by atoms with Gasteiger partial charge in [-0.3, -0.25) is 0 Å². The lowest BCUT2D eigenvalue weighted by Gasteiger charge is -2.36. The van der Waals surface area contributed by atoms with Crippen LogP contribution in [0.4, 0.5) is 9.18 Å². The topological polar surface area (TPSA) is 85.2 Å². The molecule has 1 aliphatic rings. The molecule has 20 heavy (non-hydrogen) atoms. The SMILES string of the molecule is N#Cc1ccc(F)c(CNC(=O)NCC2(O)CCC2)c1. The number of nitrogens with zero attached hydrogens (tertiary/aromatic N) is 1. The molecule has 1 aromatic carbocycles. The summed E-state index contributed by atoms with van der Waals surface area (Å²) in [6.45, 7) is 0.186. The standard InChI is InChI=1S/C14H16FN3O2/c15-12-3-2-10(7-16)6-11(12)8-17-13(19)18-9-14(20)4-1-5-14/h2-3,6,20H,1,4-5,8-9H2,(H2,17,18,19). The Bertz CT molecular complexity index is 550. The second kappa shape index (κ2) is 5.88. The van der Waals surface area contributed by atoms with E-state index < -0.39 is 17.4 Å². The fourth-order valence-electron chi connectivity index (χ4n) is 2.02. The summed E-state index contributed by atoms with van der Waals surface area (Å²) in [5, 5.41) is 23.6. The summed E-state index contributed by atoms with van der Waals surface area (Å²) in [5.74, 6) is -0.470. The number of amides is 2. The van der Waals surface area contributed by atoms with E-state index in [2.05, 4.69) is 10.6 Å². The van der Waals surface area contributed by atoms with Gasteiger partial charge in [-0.2, -0.15) is 5.26 Å². The molecule has 0 radical (unpaired) electrons. The largest absolute Gasteiger partial charge is 0.388 e. The van der Waals surface area contributed by atoms with Crippen LogP contribution in [0.2, 0.25) is 0 Å². The molecule has 1 aromatic rings. The van der Waals surface area contributed by atoms with Crippen molar-refractivity contribution in [2.24, 2.45) is 0 Å². The Kier molecular flexibility index (Phi) is 4.20. The van der Waals surface area contributed by atoms with Crippen LogP contribution in [0.1, 0.15) is 30.4 Å². The number of carbonyl (C=O) groups is 1. The predicted molar refractivity (Wildman–Crippen MR) is 70.2 cm³/mol. The van der Waals surface area contributed by atoms with Gasteiger partial charge in [-0.15, -0.1) is 0 Å². The monoisotopic (exact) mass is 277 g/mol. The van der Waals surface area contributed by atoms with Gasteiger partial charge < -0.3 is 15.7 Å². The van der Waals surface area contributed by atoms with Crippen LogP contribution < -0.4 is 10.6 Å². The number of nitrogens with one attached hydrogen (secondary N) is 2. The van der Waals surface area contributed by atoms with Crippen LogP contribution in [0.3, 0.4) is 0 Å². The first-order valence-corrected chi connectivity index (χ1v) is 6.45. The van der Waals surface area contributed by atoms with E-state index >= 15 is 0 Å². The number of halogens is 1. The normalized spacial score (nSPS) is 15.8. The average Bonchev–Trinajstić information content (AvgIpc) is 2.42. The summed E-state index contributed by atoms with van der Waals surface area (Å²) in [6.07, 6.45) is 2.34. The second-order valence-electron chi connectivity index (χ2n) is 5.03. The van der Waals surface area contributed by atoms with E-state index in [-0.39, 0.29) is 18.7 Å². The van der Waals surface area contributed by atoms with Crippen LogP contribution in [0.25, 0.3) is 0 Å². The van der Waals surface area contributed by atoms with Gasteiger partial charge in [0.1, 0.15) is 5.82 Å². The molecule has 0 spiro atoms. The molecule has 3 N–H and O–H groups in total. The molecule has 1 fully saturated rings. The van der Waals surface area contributed by atoms with Gasteiger partial charge >= 0.3 is 6.03 Å². The first kappa shape index (κ1) is 14.3. The third-order valence-corrected chi connectivity index (χ3v) is 3.48. The van der Waals surface area contributed by atoms with E-state index in [1.165, 1.54) is 18.2 Å². The van der Waals surface area contributed by atoms with Crippen molar-refractivity contribution < 1.29 is 14.3 Å². The smallest absolute Gasteiger partial charge is 0.315 e. The lowest BCUT2D eigenvalue weighted by Crippen LogP contribution is -2.50. The first-order chi connectivity index (χ1) is 9.52. The Morgan fingerprint density at radius 2 is 2.20 bits per heavy atom. The van der Waals surface area contributed by atoms with Gasteiger partial charge in [0.15, 0.2) is 0 Å². The average molecular weight is 277 g/mol. The van der Waals surface area contributed by atoms with Crippen LogP contribution in [0, 0.1) is 17.1 Å². The number of carbonyl (C=O) groups excluding carboxylic acids is 1. The summed E-state index contributed by atoms with van der Waals surface area (Å²) in [4.78, 5) is 11.5. The molecule has 5 nitrogen and oxygen atoms in total. The minimum atomic E-state index is -0.788. The van der Waals surface area contributed by atoms with Gasteiger partial charge in [-0.05, 0) is 37.5 Å². The molecule has 2 rings (SSSR count). The van der Waals surface area contributed by atoms with E-state index in [0.29, 0.717) is 18.4 Å². The number of aliphatic hydroxyl groups is 1. The van der Waals surface area contributed by atoms with Gasteiger partial charge in [0.2, 0.25) is 0 Å². The van der Waals surface area contributed by atoms with Gasteiger partial charge in [-0.25, -0.2) is 9.18 Å². The molecule has 2 amide bonds. The third kappa shape index (κ3) is 3.45. The fourth-order valence-corrected chi connectivity index (χ4v) is 2.02. The van der Waals surface area contributed by atoms with Crippen molar-refractivity contribution >= 4 is 6.03 Å². The number of hydrogen-bond acceptors (Lipinski definition) is 3. The van der Waals surface area contributed by atoms with Crippen molar-refractivity contribution in [1.29, 1.82) is 5.26 Å². The maximum absolute atomic E-state index is 13.5. The molecular formula is C14H16FN3O2. The number of nitriles is 1. The Morgan fingerprint density at radius 1 is 1.45 bits per heavy atom. The number of hydrogen-bond donors (Lipinski definition) is 3. The van der Waals surface area contributed by atoms with E-state index in [0.717, 1.165) is 6.42 Å². The fraction of sp³-hybridized carbons (Fsp3) is 0.429. The van der Waals surface area contributed by atoms with Gasteiger partial charge in [0.05, 0.1) is 17.2 Å². The highest BCUT2D eigenvalue weighted by Gasteiger charge is 2.34. The molecule has 0 atom stereocenters. The molecule has 0 aromatic heterocycles. The minimum Gasteiger partial charge on any atom is -0.388 e. The third-order valence-electron chi connectivity index (χ3n) is 3.48. The molecule has 0 heterocycles. The summed E-state index contributed by atoms with van der Waals surface area (Å²) in [5.41, 5.74) is -0.197. The van der Waals surface area contributed by atoms with Gasteiger partial charge in [0, 0.05) is 18.7 Å². The van der Waals surface area contributed by atoms with Crippen molar-refractivity contribution in [1.82, 2.24) is 10.6 Å². The molecule has 0 bridgehead atoms. The zero-order valence-corrected chi connectivity index (χ0v) is 10.9. The van der Waals surface area contributed by atoms with Crippen molar-refractivity contribution in [3.8, 4) is 6.07 Å². The molecule has 106 valence electrons. The summed E-state index contributed by atoms with van der Waals surface area (Å²) in [7, 11) is 0. The van der Waals surface area contributed by atoms with E-state index in [9.17, 15) is 14.3 Å². The minimum absolute atomic E-state index is 0.00832. The lowest BCUT2D eigenvalue weighted by atomic mass is 9.80. The van der Waals surface area contributed by atoms with Crippen LogP contribution in [0.5, 0.6) is 0 Å². The number of urea groups is 1. The maximum atomic E-state index is 13.5. The van der Waals surface area contributed by atoms with Crippen LogP contribution in [0.15, 0.2) is 18.2 Å². The molecular weight excluding hydrogens is 261 g/mol. The lowest BCUT2D eigenvalue weighted by molar-refractivity contribution is -0.0290. The number of rotatable bonds is 4. The maximum Gasteiger partial charge on any atom is 0.315 e. The Morgan fingerprint density at radius 3 is 2.80 bits per heavy atom. The molecule has 6 heteroatoms. The quantitative estimate of drug-likeness (QED) is 0.778. The Labute approximate surface area is 116 Å². The zero-order chi connectivity index (χ0) is 14.6. The molecule has 0 saturated heterocycles. The van der Waals surface area contributed by atoms with Crippen molar-refractivity contribution in [2.75, 3.05) is 6.54 Å².